The van der Waals surface area contributed by atoms with Crippen molar-refractivity contribution in [1.29, 1.82) is 0 Å². The van der Waals surface area contributed by atoms with Gasteiger partial charge in [0.15, 0.2) is 5.16 Å². The van der Waals surface area contributed by atoms with Crippen molar-refractivity contribution < 1.29 is 4.79 Å². The zero-order valence-corrected chi connectivity index (χ0v) is 11.5. The van der Waals surface area contributed by atoms with Crippen molar-refractivity contribution in [2.24, 2.45) is 0 Å². The maximum absolute atomic E-state index is 11.9. The molecule has 0 aromatic carbocycles. The molecule has 0 bridgehead atoms. The number of nitrogens with zero attached hydrogens (tertiary/aromatic N) is 3. The molecule has 0 radical (unpaired) electrons. The third-order valence-corrected chi connectivity index (χ3v) is 3.96. The predicted octanol–water partition coefficient (Wildman–Crippen LogP) is 0.867. The molecule has 0 atom stereocenters. The van der Waals surface area contributed by atoms with E-state index in [1.165, 1.54) is 11.8 Å². The minimum atomic E-state index is -0.171. The number of H-pyrrole nitrogens is 1. The van der Waals surface area contributed by atoms with Gasteiger partial charge in [-0.1, -0.05) is 11.8 Å². The summed E-state index contributed by atoms with van der Waals surface area (Å²) in [7, 11) is 0. The zero-order chi connectivity index (χ0) is 13.1. The molecule has 0 spiro atoms. The molecule has 6 nitrogen and oxygen atoms in total. The van der Waals surface area contributed by atoms with Gasteiger partial charge in [-0.2, -0.15) is 0 Å². The summed E-state index contributed by atoms with van der Waals surface area (Å²) in [5.74, 6) is 0.418. The molecule has 18 heavy (non-hydrogen) atoms. The van der Waals surface area contributed by atoms with Gasteiger partial charge >= 0.3 is 5.69 Å². The highest BCUT2D eigenvalue weighted by Gasteiger charge is 2.28. The van der Waals surface area contributed by atoms with Gasteiger partial charge in [0.05, 0.1) is 5.75 Å². The van der Waals surface area contributed by atoms with Gasteiger partial charge in [0.25, 0.3) is 0 Å². The molecule has 1 aromatic rings. The molecular weight excluding hydrogens is 252 g/mol. The normalized spacial score (nSPS) is 14.8. The lowest BCUT2D eigenvalue weighted by Crippen LogP contribution is -2.32. The molecule has 7 heteroatoms. The fourth-order valence-corrected chi connectivity index (χ4v) is 2.76. The summed E-state index contributed by atoms with van der Waals surface area (Å²) in [6.07, 6.45) is 2.05. The summed E-state index contributed by atoms with van der Waals surface area (Å²) < 4.78 is 1.67. The van der Waals surface area contributed by atoms with Crippen LogP contribution in [0.2, 0.25) is 0 Å². The molecule has 1 aliphatic rings. The van der Waals surface area contributed by atoms with Crippen molar-refractivity contribution in [2.45, 2.75) is 37.9 Å². The molecule has 1 aromatic heterocycles. The Hall–Kier alpha value is -1.24. The van der Waals surface area contributed by atoms with E-state index in [9.17, 15) is 9.59 Å². The van der Waals surface area contributed by atoms with Gasteiger partial charge in [-0.15, -0.1) is 5.10 Å². The Bertz CT molecular complexity index is 474. The lowest BCUT2D eigenvalue weighted by atomic mass is 10.5. The van der Waals surface area contributed by atoms with Crippen LogP contribution < -0.4 is 5.69 Å². The fraction of sp³-hybridized carbons (Fsp3) is 0.727. The van der Waals surface area contributed by atoms with Crippen LogP contribution in [0.3, 0.4) is 0 Å². The second-order valence-corrected chi connectivity index (χ2v) is 5.21. The number of hydrogen-bond acceptors (Lipinski definition) is 4. The first kappa shape index (κ1) is 13.2. The van der Waals surface area contributed by atoms with E-state index in [4.69, 9.17) is 0 Å². The van der Waals surface area contributed by atoms with E-state index in [-0.39, 0.29) is 17.6 Å². The Kier molecular flexibility index (Phi) is 4.11. The molecule has 1 amide bonds. The molecule has 1 aliphatic carbocycles. The summed E-state index contributed by atoms with van der Waals surface area (Å²) in [6, 6.07) is 0.280. The van der Waals surface area contributed by atoms with Crippen molar-refractivity contribution in [2.75, 3.05) is 18.8 Å². The Labute approximate surface area is 110 Å². The number of hydrogen-bond donors (Lipinski definition) is 1. The maximum Gasteiger partial charge on any atom is 0.344 e. The second-order valence-electron chi connectivity index (χ2n) is 4.27. The van der Waals surface area contributed by atoms with Crippen LogP contribution in [0.15, 0.2) is 9.95 Å². The van der Waals surface area contributed by atoms with Crippen LogP contribution in [-0.4, -0.2) is 44.4 Å². The van der Waals surface area contributed by atoms with Crippen LogP contribution in [0.5, 0.6) is 0 Å². The molecule has 1 N–H and O–H groups in total. The minimum absolute atomic E-state index is 0.0859. The molecule has 1 fully saturated rings. The standard InChI is InChI=1S/C11H18N4O2S/c1-3-14(4-2)9(16)7-18-11-13-12-10(17)15(11)8-5-6-8/h8H,3-7H2,1-2H3,(H,12,17). The topological polar surface area (TPSA) is 71.0 Å². The molecule has 2 rings (SSSR count). The smallest absolute Gasteiger partial charge is 0.343 e. The Morgan fingerprint density at radius 1 is 1.50 bits per heavy atom. The van der Waals surface area contributed by atoms with Gasteiger partial charge in [0.2, 0.25) is 5.91 Å². The Balaban J connectivity index is 1.98. The van der Waals surface area contributed by atoms with Crippen LogP contribution in [0.25, 0.3) is 0 Å². The monoisotopic (exact) mass is 270 g/mol. The van der Waals surface area contributed by atoms with Crippen molar-refractivity contribution >= 4 is 17.7 Å². The van der Waals surface area contributed by atoms with Crippen molar-refractivity contribution in [3.63, 3.8) is 0 Å². The number of amides is 1. The largest absolute Gasteiger partial charge is 0.344 e. The van der Waals surface area contributed by atoms with Gasteiger partial charge in [-0.25, -0.2) is 9.89 Å². The number of carbonyl (C=O) groups excluding carboxylic acids is 1. The average molecular weight is 270 g/mol. The van der Waals surface area contributed by atoms with E-state index in [1.807, 2.05) is 13.8 Å². The van der Waals surface area contributed by atoms with Crippen LogP contribution in [0, 0.1) is 0 Å². The summed E-state index contributed by atoms with van der Waals surface area (Å²) >= 11 is 1.33. The molecule has 0 saturated heterocycles. The van der Waals surface area contributed by atoms with Crippen molar-refractivity contribution in [3.8, 4) is 0 Å². The second kappa shape index (κ2) is 5.60. The first-order chi connectivity index (χ1) is 8.67. The number of nitrogens with one attached hydrogen (secondary N) is 1. The molecule has 0 unspecified atom stereocenters. The van der Waals surface area contributed by atoms with Crippen LogP contribution in [0.1, 0.15) is 32.7 Å². The average Bonchev–Trinajstić information content (AvgIpc) is 3.12. The Morgan fingerprint density at radius 3 is 2.72 bits per heavy atom. The number of thioether (sulfide) groups is 1. The highest BCUT2D eigenvalue weighted by molar-refractivity contribution is 7.99. The minimum Gasteiger partial charge on any atom is -0.343 e. The molecular formula is C11H18N4O2S. The summed E-state index contributed by atoms with van der Waals surface area (Å²) in [5, 5.41) is 7.06. The molecule has 100 valence electrons. The summed E-state index contributed by atoms with van der Waals surface area (Å²) in [6.45, 7) is 5.35. The first-order valence-corrected chi connectivity index (χ1v) is 7.23. The van der Waals surface area contributed by atoms with Gasteiger partial charge in [0.1, 0.15) is 0 Å². The number of aromatic nitrogens is 3. The van der Waals surface area contributed by atoms with E-state index in [0.29, 0.717) is 24.0 Å². The van der Waals surface area contributed by atoms with Gasteiger partial charge < -0.3 is 4.90 Å². The fourth-order valence-electron chi connectivity index (χ4n) is 1.84. The third-order valence-electron chi connectivity index (χ3n) is 3.02. The quantitative estimate of drug-likeness (QED) is 0.779. The maximum atomic E-state index is 11.9. The van der Waals surface area contributed by atoms with Crippen LogP contribution in [-0.2, 0) is 4.79 Å². The summed E-state index contributed by atoms with van der Waals surface area (Å²) in [5.41, 5.74) is -0.171. The van der Waals surface area contributed by atoms with Crippen molar-refractivity contribution in [1.82, 2.24) is 19.7 Å². The molecule has 1 heterocycles. The third kappa shape index (κ3) is 2.77. The highest BCUT2D eigenvalue weighted by atomic mass is 32.2. The van der Waals surface area contributed by atoms with Crippen LogP contribution in [0.4, 0.5) is 0 Å². The van der Waals surface area contributed by atoms with E-state index >= 15 is 0 Å². The predicted molar refractivity (Wildman–Crippen MR) is 69.8 cm³/mol. The van der Waals surface area contributed by atoms with E-state index in [1.54, 1.807) is 9.47 Å². The van der Waals surface area contributed by atoms with Crippen molar-refractivity contribution in [3.05, 3.63) is 10.5 Å². The highest BCUT2D eigenvalue weighted by Crippen LogP contribution is 2.35. The lowest BCUT2D eigenvalue weighted by Gasteiger charge is -2.17. The number of carbonyl (C=O) groups is 1. The number of rotatable bonds is 6. The molecule has 0 aliphatic heterocycles. The Morgan fingerprint density at radius 2 is 2.17 bits per heavy atom. The van der Waals surface area contributed by atoms with Gasteiger partial charge in [0, 0.05) is 19.1 Å². The SMILES string of the molecule is CCN(CC)C(=O)CSc1n[nH]c(=O)n1C1CC1. The van der Waals surface area contributed by atoms with E-state index < -0.39 is 0 Å². The van der Waals surface area contributed by atoms with Gasteiger partial charge in [-0.3, -0.25) is 9.36 Å². The number of aromatic amines is 1. The molecule has 1 saturated carbocycles. The van der Waals surface area contributed by atoms with Crippen LogP contribution >= 0.6 is 11.8 Å². The lowest BCUT2D eigenvalue weighted by molar-refractivity contribution is -0.127. The summed E-state index contributed by atoms with van der Waals surface area (Å²) in [4.78, 5) is 25.2. The van der Waals surface area contributed by atoms with Gasteiger partial charge in [-0.05, 0) is 26.7 Å². The zero-order valence-electron chi connectivity index (χ0n) is 10.7. The van der Waals surface area contributed by atoms with E-state index in [0.717, 1.165) is 12.8 Å². The van der Waals surface area contributed by atoms with E-state index in [2.05, 4.69) is 10.2 Å². The first-order valence-electron chi connectivity index (χ1n) is 6.24.